The Balaban J connectivity index is 2.07. The van der Waals surface area contributed by atoms with Gasteiger partial charge in [-0.15, -0.1) is 0 Å². The number of nitrogens with zero attached hydrogens (tertiary/aromatic N) is 1. The van der Waals surface area contributed by atoms with Crippen molar-refractivity contribution in [3.05, 3.63) is 53.9 Å². The van der Waals surface area contributed by atoms with Gasteiger partial charge in [-0.25, -0.2) is 4.79 Å². The summed E-state index contributed by atoms with van der Waals surface area (Å²) < 4.78 is 0. The third-order valence-electron chi connectivity index (χ3n) is 2.45. The van der Waals surface area contributed by atoms with Crippen LogP contribution < -0.4 is 5.32 Å². The van der Waals surface area contributed by atoms with Crippen LogP contribution in [0, 0.1) is 0 Å². The van der Waals surface area contributed by atoms with Gasteiger partial charge in [-0.3, -0.25) is 4.98 Å². The first-order valence-electron chi connectivity index (χ1n) is 5.36. The van der Waals surface area contributed by atoms with E-state index in [4.69, 9.17) is 5.11 Å². The van der Waals surface area contributed by atoms with E-state index in [-0.39, 0.29) is 11.3 Å². The van der Waals surface area contributed by atoms with Gasteiger partial charge in [-0.2, -0.15) is 0 Å². The molecule has 2 aromatic rings. The second-order valence-electron chi connectivity index (χ2n) is 3.75. The average Bonchev–Trinajstić information content (AvgIpc) is 2.37. The van der Waals surface area contributed by atoms with Gasteiger partial charge in [0.15, 0.2) is 0 Å². The summed E-state index contributed by atoms with van der Waals surface area (Å²) in [7, 11) is 0. The second-order valence-corrected chi connectivity index (χ2v) is 3.75. The number of pyridine rings is 1. The first-order chi connectivity index (χ1) is 8.66. The monoisotopic (exact) mass is 244 g/mol. The molecule has 0 aliphatic rings. The number of nitrogens with one attached hydrogen (secondary N) is 1. The lowest BCUT2D eigenvalue weighted by Crippen LogP contribution is -2.01. The van der Waals surface area contributed by atoms with Crippen LogP contribution in [0.15, 0.2) is 42.7 Å². The summed E-state index contributed by atoms with van der Waals surface area (Å²) in [5, 5.41) is 21.4. The van der Waals surface area contributed by atoms with Gasteiger partial charge in [0.05, 0.1) is 0 Å². The highest BCUT2D eigenvalue weighted by molar-refractivity contribution is 5.91. The van der Waals surface area contributed by atoms with Crippen molar-refractivity contribution in [1.29, 1.82) is 0 Å². The number of anilines is 1. The largest absolute Gasteiger partial charge is 0.507 e. The minimum absolute atomic E-state index is 0.109. The quantitative estimate of drug-likeness (QED) is 0.767. The summed E-state index contributed by atoms with van der Waals surface area (Å²) in [6, 6.07) is 8.12. The van der Waals surface area contributed by atoms with Crippen LogP contribution >= 0.6 is 0 Å². The van der Waals surface area contributed by atoms with Crippen LogP contribution in [0.3, 0.4) is 0 Å². The molecule has 1 aromatic heterocycles. The molecule has 0 bridgehead atoms. The third-order valence-corrected chi connectivity index (χ3v) is 2.45. The molecule has 5 heteroatoms. The van der Waals surface area contributed by atoms with Gasteiger partial charge in [0, 0.05) is 30.7 Å². The zero-order valence-electron chi connectivity index (χ0n) is 9.50. The first-order valence-corrected chi connectivity index (χ1v) is 5.36. The highest BCUT2D eigenvalue weighted by Crippen LogP contribution is 2.22. The molecule has 0 unspecified atom stereocenters. The zero-order valence-corrected chi connectivity index (χ0v) is 9.50. The van der Waals surface area contributed by atoms with Crippen molar-refractivity contribution in [1.82, 2.24) is 4.98 Å². The van der Waals surface area contributed by atoms with Crippen LogP contribution in [0.5, 0.6) is 5.75 Å². The van der Waals surface area contributed by atoms with Crippen molar-refractivity contribution in [2.75, 3.05) is 5.32 Å². The average molecular weight is 244 g/mol. The Morgan fingerprint density at radius 1 is 1.33 bits per heavy atom. The van der Waals surface area contributed by atoms with Crippen molar-refractivity contribution in [3.8, 4) is 5.75 Å². The van der Waals surface area contributed by atoms with Crippen LogP contribution in [0.1, 0.15) is 15.9 Å². The van der Waals surface area contributed by atoms with E-state index in [1.807, 2.05) is 12.1 Å². The Kier molecular flexibility index (Phi) is 3.43. The topological polar surface area (TPSA) is 82.5 Å². The maximum Gasteiger partial charge on any atom is 0.339 e. The molecule has 0 amide bonds. The summed E-state index contributed by atoms with van der Waals surface area (Å²) >= 11 is 0. The number of hydrogen-bond acceptors (Lipinski definition) is 4. The molecule has 0 fully saturated rings. The normalized spacial score (nSPS) is 10.0. The Morgan fingerprint density at radius 3 is 2.78 bits per heavy atom. The minimum atomic E-state index is -1.15. The van der Waals surface area contributed by atoms with E-state index >= 15 is 0 Å². The molecule has 3 N–H and O–H groups in total. The van der Waals surface area contributed by atoms with E-state index in [0.717, 1.165) is 5.56 Å². The van der Waals surface area contributed by atoms with E-state index in [1.54, 1.807) is 18.5 Å². The van der Waals surface area contributed by atoms with Gasteiger partial charge in [0.2, 0.25) is 0 Å². The number of benzene rings is 1. The number of phenols is 1. The second kappa shape index (κ2) is 5.18. The smallest absolute Gasteiger partial charge is 0.339 e. The molecular weight excluding hydrogens is 232 g/mol. The maximum atomic E-state index is 10.7. The van der Waals surface area contributed by atoms with Crippen LogP contribution in [0.25, 0.3) is 0 Å². The van der Waals surface area contributed by atoms with Gasteiger partial charge >= 0.3 is 5.97 Å². The fourth-order valence-electron chi connectivity index (χ4n) is 1.53. The zero-order chi connectivity index (χ0) is 13.0. The molecule has 0 aliphatic heterocycles. The summed E-state index contributed by atoms with van der Waals surface area (Å²) in [5.74, 6) is -1.40. The van der Waals surface area contributed by atoms with Crippen molar-refractivity contribution in [3.63, 3.8) is 0 Å². The molecule has 1 heterocycles. The standard InChI is InChI=1S/C13H12N2O3/c16-12-6-10(3-4-11(12)13(17)18)15-8-9-2-1-5-14-7-9/h1-7,15-16H,8H2,(H,17,18). The number of carboxylic acid groups (broad SMARTS) is 1. The number of hydrogen-bond donors (Lipinski definition) is 3. The molecule has 1 aromatic carbocycles. The molecule has 5 nitrogen and oxygen atoms in total. The predicted molar refractivity (Wildman–Crippen MR) is 66.6 cm³/mol. The number of carboxylic acids is 1. The maximum absolute atomic E-state index is 10.7. The van der Waals surface area contributed by atoms with E-state index in [0.29, 0.717) is 12.2 Å². The van der Waals surface area contributed by atoms with Crippen molar-refractivity contribution in [2.24, 2.45) is 0 Å². The molecule has 0 atom stereocenters. The molecule has 0 aliphatic carbocycles. The van der Waals surface area contributed by atoms with Crippen LogP contribution in [0.2, 0.25) is 0 Å². The molecular formula is C13H12N2O3. The fraction of sp³-hybridized carbons (Fsp3) is 0.0769. The summed E-state index contributed by atoms with van der Waals surface area (Å²) in [6.45, 7) is 0.555. The van der Waals surface area contributed by atoms with Gasteiger partial charge in [-0.1, -0.05) is 6.07 Å². The van der Waals surface area contributed by atoms with Gasteiger partial charge < -0.3 is 15.5 Å². The van der Waals surface area contributed by atoms with Crippen LogP contribution in [-0.4, -0.2) is 21.2 Å². The SMILES string of the molecule is O=C(O)c1ccc(NCc2cccnc2)cc1O. The van der Waals surface area contributed by atoms with Crippen LogP contribution in [0.4, 0.5) is 5.69 Å². The van der Waals surface area contributed by atoms with Crippen molar-refractivity contribution >= 4 is 11.7 Å². The number of aromatic carboxylic acids is 1. The number of carbonyl (C=O) groups is 1. The highest BCUT2D eigenvalue weighted by Gasteiger charge is 2.09. The minimum Gasteiger partial charge on any atom is -0.507 e. The highest BCUT2D eigenvalue weighted by atomic mass is 16.4. The molecule has 0 radical (unpaired) electrons. The molecule has 18 heavy (non-hydrogen) atoms. The Bertz CT molecular complexity index is 555. The number of rotatable bonds is 4. The molecule has 92 valence electrons. The van der Waals surface area contributed by atoms with Crippen molar-refractivity contribution in [2.45, 2.75) is 6.54 Å². The Hall–Kier alpha value is -2.56. The van der Waals surface area contributed by atoms with E-state index in [9.17, 15) is 9.90 Å². The van der Waals surface area contributed by atoms with Crippen molar-refractivity contribution < 1.29 is 15.0 Å². The summed E-state index contributed by atoms with van der Waals surface area (Å²) in [6.07, 6.45) is 3.43. The Labute approximate surface area is 104 Å². The third kappa shape index (κ3) is 2.76. The fourth-order valence-corrected chi connectivity index (χ4v) is 1.53. The van der Waals surface area contributed by atoms with Gasteiger partial charge in [0.25, 0.3) is 0 Å². The van der Waals surface area contributed by atoms with E-state index in [2.05, 4.69) is 10.3 Å². The van der Waals surface area contributed by atoms with Crippen LogP contribution in [-0.2, 0) is 6.54 Å². The number of aromatic nitrogens is 1. The molecule has 0 saturated carbocycles. The van der Waals surface area contributed by atoms with E-state index < -0.39 is 5.97 Å². The lowest BCUT2D eigenvalue weighted by molar-refractivity contribution is 0.0694. The molecule has 2 rings (SSSR count). The predicted octanol–water partition coefficient (Wildman–Crippen LogP) is 2.10. The summed E-state index contributed by atoms with van der Waals surface area (Å²) in [4.78, 5) is 14.7. The summed E-state index contributed by atoms with van der Waals surface area (Å²) in [5.41, 5.74) is 1.54. The molecule has 0 saturated heterocycles. The van der Waals surface area contributed by atoms with Gasteiger partial charge in [0.1, 0.15) is 11.3 Å². The van der Waals surface area contributed by atoms with Gasteiger partial charge in [-0.05, 0) is 23.8 Å². The molecule has 0 spiro atoms. The van der Waals surface area contributed by atoms with E-state index in [1.165, 1.54) is 12.1 Å². The first kappa shape index (κ1) is 11.9. The lowest BCUT2D eigenvalue weighted by atomic mass is 10.2. The lowest BCUT2D eigenvalue weighted by Gasteiger charge is -2.07. The Morgan fingerprint density at radius 2 is 2.17 bits per heavy atom. The number of aromatic hydroxyl groups is 1.